The molecule has 4 atom stereocenters. The van der Waals surface area contributed by atoms with Crippen molar-refractivity contribution >= 4 is 32.6 Å². The molecule has 1 aromatic carbocycles. The lowest BCUT2D eigenvalue weighted by Crippen LogP contribution is -2.41. The minimum absolute atomic E-state index is 0.000255. The monoisotopic (exact) mass is 439 g/mol. The van der Waals surface area contributed by atoms with Crippen molar-refractivity contribution in [2.45, 2.75) is 70.7 Å². The third-order valence-electron chi connectivity index (χ3n) is 5.97. The first-order valence-corrected chi connectivity index (χ1v) is 11.4. The molecule has 1 saturated carbocycles. The van der Waals surface area contributed by atoms with E-state index >= 15 is 0 Å². The van der Waals surface area contributed by atoms with Gasteiger partial charge in [0.1, 0.15) is 11.0 Å². The van der Waals surface area contributed by atoms with Crippen molar-refractivity contribution in [1.82, 2.24) is 0 Å². The normalized spacial score (nSPS) is 31.4. The van der Waals surface area contributed by atoms with Gasteiger partial charge in [0, 0.05) is 22.6 Å². The van der Waals surface area contributed by atoms with Gasteiger partial charge in [-0.25, -0.2) is 4.21 Å². The Balaban J connectivity index is 2.07. The van der Waals surface area contributed by atoms with Crippen molar-refractivity contribution in [3.05, 3.63) is 33.8 Å². The first kappa shape index (κ1) is 20.2. The summed E-state index contributed by atoms with van der Waals surface area (Å²) < 4.78 is 24.2. The molecule has 2 aliphatic rings. The molecule has 0 saturated heterocycles. The third kappa shape index (κ3) is 3.72. The van der Waals surface area contributed by atoms with Crippen molar-refractivity contribution in [2.75, 3.05) is 7.11 Å². The van der Waals surface area contributed by atoms with Crippen LogP contribution in [-0.4, -0.2) is 27.9 Å². The molecule has 3 rings (SSSR count). The molecule has 0 unspecified atom stereocenters. The van der Waals surface area contributed by atoms with Crippen LogP contribution in [0.4, 0.5) is 0 Å². The molecule has 0 aliphatic heterocycles. The zero-order chi connectivity index (χ0) is 19.1. The van der Waals surface area contributed by atoms with Crippen LogP contribution in [0, 0.1) is 11.3 Å². The number of methoxy groups -OCH3 is 1. The molecule has 5 heteroatoms. The Bertz CT molecular complexity index is 740. The van der Waals surface area contributed by atoms with Crippen molar-refractivity contribution in [2.24, 2.45) is 15.7 Å². The maximum absolute atomic E-state index is 12.9. The topological polar surface area (TPSA) is 38.7 Å². The molecular formula is C21H30BrNO2S. The Hall–Kier alpha value is -0.520. The number of halogens is 1. The Morgan fingerprint density at radius 1 is 1.38 bits per heavy atom. The molecule has 26 heavy (non-hydrogen) atoms. The number of rotatable bonds is 3. The maximum atomic E-state index is 12.9. The van der Waals surface area contributed by atoms with Gasteiger partial charge in [-0.15, -0.1) is 0 Å². The molecule has 0 heterocycles. The summed E-state index contributed by atoms with van der Waals surface area (Å²) in [6.45, 7) is 8.23. The molecule has 1 aromatic rings. The van der Waals surface area contributed by atoms with Gasteiger partial charge >= 0.3 is 0 Å². The van der Waals surface area contributed by atoms with Gasteiger partial charge in [-0.05, 0) is 70.1 Å². The highest BCUT2D eigenvalue weighted by molar-refractivity contribution is 9.10. The van der Waals surface area contributed by atoms with Gasteiger partial charge in [-0.2, -0.15) is 4.40 Å². The largest absolute Gasteiger partial charge is 0.381 e. The van der Waals surface area contributed by atoms with Crippen LogP contribution < -0.4 is 0 Å². The zero-order valence-corrected chi connectivity index (χ0v) is 18.9. The van der Waals surface area contributed by atoms with E-state index in [4.69, 9.17) is 9.13 Å². The van der Waals surface area contributed by atoms with E-state index in [9.17, 15) is 4.21 Å². The first-order chi connectivity index (χ1) is 12.2. The van der Waals surface area contributed by atoms with Gasteiger partial charge in [0.2, 0.25) is 0 Å². The predicted octanol–water partition coefficient (Wildman–Crippen LogP) is 5.47. The Morgan fingerprint density at radius 3 is 2.73 bits per heavy atom. The maximum Gasteiger partial charge on any atom is 0.145 e. The van der Waals surface area contributed by atoms with E-state index in [0.717, 1.165) is 42.3 Å². The predicted molar refractivity (Wildman–Crippen MR) is 113 cm³/mol. The van der Waals surface area contributed by atoms with Crippen LogP contribution in [0.25, 0.3) is 0 Å². The average molecular weight is 440 g/mol. The molecule has 1 fully saturated rings. The van der Waals surface area contributed by atoms with Crippen molar-refractivity contribution in [3.8, 4) is 0 Å². The standard InChI is InChI=1S/C21H30BrNO2S/c1-6-14-12-21(10-9-18(14)25-5)13-15-7-8-16(22)11-17(15)19(21)23-26(24)20(2,3)4/h7-8,11,14,18H,6,9-10,12-13H2,1-5H3/t14-,18-,21-,26+/m1/s1. The first-order valence-electron chi connectivity index (χ1n) is 9.53. The van der Waals surface area contributed by atoms with Crippen molar-refractivity contribution in [3.63, 3.8) is 0 Å². The lowest BCUT2D eigenvalue weighted by atomic mass is 9.65. The average Bonchev–Trinajstić information content (AvgIpc) is 2.86. The number of ether oxygens (including phenoxy) is 1. The second kappa shape index (κ2) is 7.48. The molecule has 0 aromatic heterocycles. The number of hydrogen-bond acceptors (Lipinski definition) is 2. The van der Waals surface area contributed by atoms with Crippen LogP contribution in [-0.2, 0) is 22.1 Å². The molecule has 3 nitrogen and oxygen atoms in total. The molecule has 2 aliphatic carbocycles. The Labute approximate surface area is 168 Å². The minimum Gasteiger partial charge on any atom is -0.381 e. The molecule has 1 spiro atoms. The van der Waals surface area contributed by atoms with Crippen LogP contribution in [0.3, 0.4) is 0 Å². The highest BCUT2D eigenvalue weighted by Crippen LogP contribution is 2.51. The lowest BCUT2D eigenvalue weighted by Gasteiger charge is -2.42. The minimum atomic E-state index is -1.25. The van der Waals surface area contributed by atoms with E-state index in [1.807, 2.05) is 27.9 Å². The summed E-state index contributed by atoms with van der Waals surface area (Å²) in [5.41, 5.74) is 3.58. The third-order valence-corrected chi connectivity index (χ3v) is 7.86. The summed E-state index contributed by atoms with van der Waals surface area (Å²) in [5, 5.41) is 0. The van der Waals surface area contributed by atoms with E-state index in [-0.39, 0.29) is 10.2 Å². The van der Waals surface area contributed by atoms with E-state index in [1.54, 1.807) is 0 Å². The molecular weight excluding hydrogens is 410 g/mol. The summed E-state index contributed by atoms with van der Waals surface area (Å²) in [6.07, 6.45) is 5.60. The van der Waals surface area contributed by atoms with E-state index in [1.165, 1.54) is 11.1 Å². The summed E-state index contributed by atoms with van der Waals surface area (Å²) >= 11 is 3.61. The van der Waals surface area contributed by atoms with Gasteiger partial charge < -0.3 is 4.74 Å². The fourth-order valence-corrected chi connectivity index (χ4v) is 5.60. The van der Waals surface area contributed by atoms with Crippen LogP contribution >= 0.6 is 15.9 Å². The Morgan fingerprint density at radius 2 is 2.12 bits per heavy atom. The fraction of sp³-hybridized carbons (Fsp3) is 0.667. The van der Waals surface area contributed by atoms with Gasteiger partial charge in [-0.1, -0.05) is 35.3 Å². The summed E-state index contributed by atoms with van der Waals surface area (Å²) in [5.74, 6) is 0.528. The lowest BCUT2D eigenvalue weighted by molar-refractivity contribution is -0.00383. The van der Waals surface area contributed by atoms with Crippen LogP contribution in [0.15, 0.2) is 27.1 Å². The zero-order valence-electron chi connectivity index (χ0n) is 16.5. The molecule has 0 bridgehead atoms. The summed E-state index contributed by atoms with van der Waals surface area (Å²) in [7, 11) is 0.578. The number of nitrogens with zero attached hydrogens (tertiary/aromatic N) is 1. The second-order valence-electron chi connectivity index (χ2n) is 8.75. The van der Waals surface area contributed by atoms with Crippen LogP contribution in [0.5, 0.6) is 0 Å². The number of benzene rings is 1. The fourth-order valence-electron chi connectivity index (χ4n) is 4.51. The van der Waals surface area contributed by atoms with E-state index < -0.39 is 11.0 Å². The van der Waals surface area contributed by atoms with E-state index in [0.29, 0.717) is 12.0 Å². The number of fused-ring (bicyclic) bond motifs is 1. The van der Waals surface area contributed by atoms with Crippen molar-refractivity contribution in [1.29, 1.82) is 0 Å². The van der Waals surface area contributed by atoms with Gasteiger partial charge in [0.05, 0.1) is 16.6 Å². The second-order valence-corrected chi connectivity index (χ2v) is 11.6. The van der Waals surface area contributed by atoms with Crippen LogP contribution in [0.1, 0.15) is 64.5 Å². The summed E-state index contributed by atoms with van der Waals surface area (Å²) in [4.78, 5) is 0. The molecule has 0 radical (unpaired) electrons. The summed E-state index contributed by atoms with van der Waals surface area (Å²) in [6, 6.07) is 6.47. The van der Waals surface area contributed by atoms with Crippen molar-refractivity contribution < 1.29 is 8.95 Å². The van der Waals surface area contributed by atoms with E-state index in [2.05, 4.69) is 41.1 Å². The highest BCUT2D eigenvalue weighted by atomic mass is 79.9. The SMILES string of the molecule is CC[C@@H]1C[C@]2(CC[C@H]1OC)Cc1ccc(Br)cc1C2=N[S@@](=O)C(C)(C)C. The van der Waals surface area contributed by atoms with Gasteiger partial charge in [0.15, 0.2) is 0 Å². The number of hydrogen-bond donors (Lipinski definition) is 0. The quantitative estimate of drug-likeness (QED) is 0.625. The van der Waals surface area contributed by atoms with Gasteiger partial charge in [-0.3, -0.25) is 0 Å². The molecule has 0 N–H and O–H groups in total. The Kier molecular flexibility index (Phi) is 5.82. The molecule has 144 valence electrons. The smallest absolute Gasteiger partial charge is 0.145 e. The highest BCUT2D eigenvalue weighted by Gasteiger charge is 2.49. The van der Waals surface area contributed by atoms with Gasteiger partial charge in [0.25, 0.3) is 0 Å². The molecule has 0 amide bonds. The van der Waals surface area contributed by atoms with Crippen LogP contribution in [0.2, 0.25) is 0 Å².